The maximum Gasteiger partial charge on any atom is 0.130 e. The van der Waals surface area contributed by atoms with Gasteiger partial charge in [0.2, 0.25) is 0 Å². The van der Waals surface area contributed by atoms with Crippen LogP contribution in [0, 0.1) is 17.6 Å². The summed E-state index contributed by atoms with van der Waals surface area (Å²) in [4.78, 5) is 2.14. The van der Waals surface area contributed by atoms with Crippen LogP contribution in [-0.4, -0.2) is 32.1 Å². The first-order valence-electron chi connectivity index (χ1n) is 5.93. The molecule has 4 heteroatoms. The number of likely N-dealkylation sites (tertiary alicyclic amines) is 1. The molecule has 0 aliphatic carbocycles. The Morgan fingerprint density at radius 2 is 2.18 bits per heavy atom. The molecule has 1 aromatic carbocycles. The lowest BCUT2D eigenvalue weighted by Crippen LogP contribution is -2.27. The summed E-state index contributed by atoms with van der Waals surface area (Å²) >= 11 is 0. The molecule has 1 aliphatic rings. The third-order valence-electron chi connectivity index (χ3n) is 3.52. The van der Waals surface area contributed by atoms with E-state index in [0.717, 1.165) is 25.6 Å². The van der Waals surface area contributed by atoms with E-state index in [2.05, 4.69) is 10.2 Å². The zero-order valence-corrected chi connectivity index (χ0v) is 10.2. The Morgan fingerprint density at radius 1 is 1.41 bits per heavy atom. The SMILES string of the molecule is CNCC1CCN(C)C1c1ccc(F)cc1F. The summed E-state index contributed by atoms with van der Waals surface area (Å²) in [6, 6.07) is 3.92. The smallest absolute Gasteiger partial charge is 0.130 e. The summed E-state index contributed by atoms with van der Waals surface area (Å²) < 4.78 is 26.7. The molecule has 1 aromatic rings. The van der Waals surface area contributed by atoms with Crippen LogP contribution in [0.3, 0.4) is 0 Å². The number of hydrogen-bond donors (Lipinski definition) is 1. The van der Waals surface area contributed by atoms with Crippen LogP contribution in [0.25, 0.3) is 0 Å². The van der Waals surface area contributed by atoms with Gasteiger partial charge in [-0.05, 0) is 45.6 Å². The topological polar surface area (TPSA) is 15.3 Å². The van der Waals surface area contributed by atoms with E-state index in [1.165, 1.54) is 6.07 Å². The van der Waals surface area contributed by atoms with Crippen molar-refractivity contribution >= 4 is 0 Å². The molecule has 1 heterocycles. The van der Waals surface area contributed by atoms with E-state index < -0.39 is 11.6 Å². The van der Waals surface area contributed by atoms with Crippen LogP contribution in [0.15, 0.2) is 18.2 Å². The normalized spacial score (nSPS) is 25.4. The van der Waals surface area contributed by atoms with E-state index in [0.29, 0.717) is 11.5 Å². The second-order valence-electron chi connectivity index (χ2n) is 4.70. The molecule has 2 unspecified atom stereocenters. The Labute approximate surface area is 101 Å². The van der Waals surface area contributed by atoms with Crippen molar-refractivity contribution in [2.75, 3.05) is 27.2 Å². The number of nitrogens with zero attached hydrogens (tertiary/aromatic N) is 1. The quantitative estimate of drug-likeness (QED) is 0.871. The number of halogens is 2. The van der Waals surface area contributed by atoms with Crippen LogP contribution in [0.2, 0.25) is 0 Å². The van der Waals surface area contributed by atoms with Crippen LogP contribution in [0.5, 0.6) is 0 Å². The minimum absolute atomic E-state index is 0.0445. The minimum Gasteiger partial charge on any atom is -0.319 e. The van der Waals surface area contributed by atoms with Crippen LogP contribution in [0.1, 0.15) is 18.0 Å². The third kappa shape index (κ3) is 2.48. The van der Waals surface area contributed by atoms with Crippen molar-refractivity contribution < 1.29 is 8.78 Å². The lowest BCUT2D eigenvalue weighted by Gasteiger charge is -2.25. The molecule has 17 heavy (non-hydrogen) atoms. The highest BCUT2D eigenvalue weighted by Crippen LogP contribution is 2.36. The first-order chi connectivity index (χ1) is 8.13. The average Bonchev–Trinajstić information content (AvgIpc) is 2.62. The van der Waals surface area contributed by atoms with Crippen LogP contribution >= 0.6 is 0 Å². The molecule has 2 rings (SSSR count). The van der Waals surface area contributed by atoms with E-state index in [9.17, 15) is 8.78 Å². The maximum absolute atomic E-state index is 13.8. The molecule has 94 valence electrons. The zero-order valence-electron chi connectivity index (χ0n) is 10.2. The summed E-state index contributed by atoms with van der Waals surface area (Å²) in [5.74, 6) is -0.577. The molecule has 0 aromatic heterocycles. The van der Waals surface area contributed by atoms with E-state index >= 15 is 0 Å². The zero-order chi connectivity index (χ0) is 12.4. The van der Waals surface area contributed by atoms with Crippen LogP contribution in [0.4, 0.5) is 8.78 Å². The largest absolute Gasteiger partial charge is 0.319 e. The fourth-order valence-electron chi connectivity index (χ4n) is 2.73. The molecular formula is C13H18F2N2. The third-order valence-corrected chi connectivity index (χ3v) is 3.52. The maximum atomic E-state index is 13.8. The molecule has 0 saturated carbocycles. The van der Waals surface area contributed by atoms with Gasteiger partial charge in [0.25, 0.3) is 0 Å². The van der Waals surface area contributed by atoms with Crippen molar-refractivity contribution in [3.05, 3.63) is 35.4 Å². The molecule has 0 bridgehead atoms. The highest BCUT2D eigenvalue weighted by Gasteiger charge is 2.34. The Kier molecular flexibility index (Phi) is 3.74. The molecule has 1 aliphatic heterocycles. The monoisotopic (exact) mass is 240 g/mol. The van der Waals surface area contributed by atoms with Gasteiger partial charge < -0.3 is 5.32 Å². The van der Waals surface area contributed by atoms with Gasteiger partial charge in [-0.3, -0.25) is 4.90 Å². The Hall–Kier alpha value is -1.00. The van der Waals surface area contributed by atoms with Gasteiger partial charge in [-0.25, -0.2) is 8.78 Å². The van der Waals surface area contributed by atoms with Gasteiger partial charge in [-0.2, -0.15) is 0 Å². The fraction of sp³-hybridized carbons (Fsp3) is 0.538. The first kappa shape index (κ1) is 12.5. The minimum atomic E-state index is -0.517. The number of hydrogen-bond acceptors (Lipinski definition) is 2. The molecular weight excluding hydrogens is 222 g/mol. The molecule has 1 saturated heterocycles. The van der Waals surface area contributed by atoms with Gasteiger partial charge in [0.15, 0.2) is 0 Å². The second-order valence-corrected chi connectivity index (χ2v) is 4.70. The van der Waals surface area contributed by atoms with Crippen LogP contribution < -0.4 is 5.32 Å². The molecule has 0 radical (unpaired) electrons. The lowest BCUT2D eigenvalue weighted by molar-refractivity contribution is 0.267. The van der Waals surface area contributed by atoms with Crippen LogP contribution in [-0.2, 0) is 0 Å². The van der Waals surface area contributed by atoms with Gasteiger partial charge in [-0.15, -0.1) is 0 Å². The van der Waals surface area contributed by atoms with Crippen molar-refractivity contribution in [1.82, 2.24) is 10.2 Å². The van der Waals surface area contributed by atoms with Gasteiger partial charge >= 0.3 is 0 Å². The average molecular weight is 240 g/mol. The Bertz CT molecular complexity index is 393. The van der Waals surface area contributed by atoms with Gasteiger partial charge in [-0.1, -0.05) is 6.07 Å². The van der Waals surface area contributed by atoms with E-state index in [1.807, 2.05) is 14.1 Å². The highest BCUT2D eigenvalue weighted by atomic mass is 19.1. The molecule has 1 fully saturated rings. The summed E-state index contributed by atoms with van der Waals surface area (Å²) in [6.07, 6.45) is 1.04. The van der Waals surface area contributed by atoms with Crippen molar-refractivity contribution in [3.8, 4) is 0 Å². The van der Waals surface area contributed by atoms with Crippen molar-refractivity contribution in [2.24, 2.45) is 5.92 Å². The summed E-state index contributed by atoms with van der Waals surface area (Å²) in [5, 5.41) is 3.14. The summed E-state index contributed by atoms with van der Waals surface area (Å²) in [7, 11) is 3.89. The summed E-state index contributed by atoms with van der Waals surface area (Å²) in [6.45, 7) is 1.81. The second kappa shape index (κ2) is 5.10. The van der Waals surface area contributed by atoms with Crippen molar-refractivity contribution in [1.29, 1.82) is 0 Å². The predicted molar refractivity (Wildman–Crippen MR) is 63.8 cm³/mol. The first-order valence-corrected chi connectivity index (χ1v) is 5.93. The van der Waals surface area contributed by atoms with Gasteiger partial charge in [0.1, 0.15) is 11.6 Å². The van der Waals surface area contributed by atoms with E-state index in [4.69, 9.17) is 0 Å². The lowest BCUT2D eigenvalue weighted by atomic mass is 9.93. The van der Waals surface area contributed by atoms with Gasteiger partial charge in [0, 0.05) is 17.7 Å². The molecule has 2 atom stereocenters. The molecule has 0 spiro atoms. The predicted octanol–water partition coefficient (Wildman–Crippen LogP) is 2.18. The van der Waals surface area contributed by atoms with E-state index in [-0.39, 0.29) is 6.04 Å². The molecule has 2 nitrogen and oxygen atoms in total. The number of benzene rings is 1. The number of nitrogens with one attached hydrogen (secondary N) is 1. The van der Waals surface area contributed by atoms with Crippen molar-refractivity contribution in [3.63, 3.8) is 0 Å². The van der Waals surface area contributed by atoms with Crippen molar-refractivity contribution in [2.45, 2.75) is 12.5 Å². The molecule has 0 amide bonds. The standard InChI is InChI=1S/C13H18F2N2/c1-16-8-9-5-6-17(2)13(9)11-4-3-10(14)7-12(11)15/h3-4,7,9,13,16H,5-6,8H2,1-2H3. The summed E-state index contributed by atoms with van der Waals surface area (Å²) in [5.41, 5.74) is 0.603. The highest BCUT2D eigenvalue weighted by molar-refractivity contribution is 5.24. The molecule has 1 N–H and O–H groups in total. The van der Waals surface area contributed by atoms with E-state index in [1.54, 1.807) is 6.07 Å². The van der Waals surface area contributed by atoms with Gasteiger partial charge in [0.05, 0.1) is 0 Å². The fourth-order valence-corrected chi connectivity index (χ4v) is 2.73. The number of rotatable bonds is 3. The Balaban J connectivity index is 2.29. The Morgan fingerprint density at radius 3 is 2.82 bits per heavy atom.